The van der Waals surface area contributed by atoms with E-state index in [-0.39, 0.29) is 11.9 Å². The number of hydrogen-bond donors (Lipinski definition) is 1. The summed E-state index contributed by atoms with van der Waals surface area (Å²) >= 11 is 1.52. The molecule has 4 nitrogen and oxygen atoms in total. The van der Waals surface area contributed by atoms with Gasteiger partial charge in [0.25, 0.3) is 0 Å². The van der Waals surface area contributed by atoms with E-state index in [1.807, 2.05) is 24.3 Å². The van der Waals surface area contributed by atoms with Gasteiger partial charge in [-0.2, -0.15) is 0 Å². The molecule has 4 rings (SSSR count). The molecular formula is C20H21NO3S. The van der Waals surface area contributed by atoms with Crippen LogP contribution < -0.4 is 14.8 Å². The Morgan fingerprint density at radius 2 is 1.96 bits per heavy atom. The molecule has 2 aliphatic rings. The quantitative estimate of drug-likeness (QED) is 0.849. The van der Waals surface area contributed by atoms with Gasteiger partial charge in [0, 0.05) is 4.90 Å². The minimum Gasteiger partial charge on any atom is -0.486 e. The summed E-state index contributed by atoms with van der Waals surface area (Å²) in [7, 11) is 0. The number of nitrogens with one attached hydrogen (secondary N) is 1. The molecule has 5 heteroatoms. The number of amides is 1. The standard InChI is InChI=1S/C20H21NO3S/c22-20(21-17-7-3-5-14-4-1-2-6-16(14)17)13-25-15-8-9-18-19(12-15)24-11-10-23-18/h1-2,4,6,8-9,12,17H,3,5,7,10-11,13H2,(H,21,22)/t17-/m0/s1. The maximum absolute atomic E-state index is 12.4. The van der Waals surface area contributed by atoms with Crippen LogP contribution in [-0.2, 0) is 11.2 Å². The average Bonchev–Trinajstić information content (AvgIpc) is 2.66. The molecule has 0 saturated heterocycles. The van der Waals surface area contributed by atoms with Gasteiger partial charge in [0.05, 0.1) is 11.8 Å². The van der Waals surface area contributed by atoms with Gasteiger partial charge in [-0.05, 0) is 48.6 Å². The second-order valence-corrected chi connectivity index (χ2v) is 7.35. The third kappa shape index (κ3) is 3.76. The molecule has 1 amide bonds. The zero-order valence-electron chi connectivity index (χ0n) is 14.0. The first-order valence-corrected chi connectivity index (χ1v) is 9.68. The molecule has 1 atom stereocenters. The van der Waals surface area contributed by atoms with Crippen LogP contribution in [0.5, 0.6) is 11.5 Å². The van der Waals surface area contributed by atoms with Crippen molar-refractivity contribution in [3.8, 4) is 11.5 Å². The van der Waals surface area contributed by atoms with Gasteiger partial charge in [-0.25, -0.2) is 0 Å². The SMILES string of the molecule is O=C(CSc1ccc2c(c1)OCCO2)N[C@H]1CCCc2ccccc21. The minimum atomic E-state index is 0.0709. The van der Waals surface area contributed by atoms with Gasteiger partial charge < -0.3 is 14.8 Å². The van der Waals surface area contributed by atoms with Gasteiger partial charge in [-0.15, -0.1) is 11.8 Å². The fourth-order valence-electron chi connectivity index (χ4n) is 3.40. The molecule has 0 saturated carbocycles. The van der Waals surface area contributed by atoms with Gasteiger partial charge >= 0.3 is 0 Å². The molecule has 0 unspecified atom stereocenters. The normalized spacial score (nSPS) is 18.3. The lowest BCUT2D eigenvalue weighted by Gasteiger charge is -2.26. The van der Waals surface area contributed by atoms with Crippen molar-refractivity contribution in [2.45, 2.75) is 30.2 Å². The second-order valence-electron chi connectivity index (χ2n) is 6.31. The van der Waals surface area contributed by atoms with Crippen LogP contribution in [-0.4, -0.2) is 24.9 Å². The Labute approximate surface area is 151 Å². The fraction of sp³-hybridized carbons (Fsp3) is 0.350. The Hall–Kier alpha value is -2.14. The van der Waals surface area contributed by atoms with Crippen LogP contribution in [0.25, 0.3) is 0 Å². The summed E-state index contributed by atoms with van der Waals surface area (Å²) in [5.41, 5.74) is 2.63. The predicted molar refractivity (Wildman–Crippen MR) is 98.4 cm³/mol. The van der Waals surface area contributed by atoms with E-state index in [0.29, 0.717) is 19.0 Å². The third-order valence-corrected chi connectivity index (χ3v) is 5.58. The van der Waals surface area contributed by atoms with Crippen LogP contribution in [0.4, 0.5) is 0 Å². The fourth-order valence-corrected chi connectivity index (χ4v) is 4.14. The van der Waals surface area contributed by atoms with E-state index < -0.39 is 0 Å². The van der Waals surface area contributed by atoms with Crippen molar-refractivity contribution in [2.24, 2.45) is 0 Å². The number of carbonyl (C=O) groups excluding carboxylic acids is 1. The Morgan fingerprint density at radius 3 is 2.88 bits per heavy atom. The molecule has 2 aromatic carbocycles. The maximum atomic E-state index is 12.4. The number of carbonyl (C=O) groups is 1. The molecule has 0 spiro atoms. The van der Waals surface area contributed by atoms with Crippen molar-refractivity contribution in [1.82, 2.24) is 5.32 Å². The molecule has 130 valence electrons. The van der Waals surface area contributed by atoms with Crippen molar-refractivity contribution in [1.29, 1.82) is 0 Å². The lowest BCUT2D eigenvalue weighted by Crippen LogP contribution is -2.32. The van der Waals surface area contributed by atoms with Crippen molar-refractivity contribution >= 4 is 17.7 Å². The summed E-state index contributed by atoms with van der Waals surface area (Å²) in [6, 6.07) is 14.4. The van der Waals surface area contributed by atoms with Crippen LogP contribution in [0.1, 0.15) is 30.0 Å². The van der Waals surface area contributed by atoms with Crippen LogP contribution in [0.15, 0.2) is 47.4 Å². The summed E-state index contributed by atoms with van der Waals surface area (Å²) in [6.07, 6.45) is 3.24. The average molecular weight is 355 g/mol. The summed E-state index contributed by atoms with van der Waals surface area (Å²) in [5, 5.41) is 3.19. The highest BCUT2D eigenvalue weighted by atomic mass is 32.2. The summed E-state index contributed by atoms with van der Waals surface area (Å²) in [6.45, 7) is 1.16. The highest BCUT2D eigenvalue weighted by molar-refractivity contribution is 8.00. The van der Waals surface area contributed by atoms with Gasteiger partial charge in [0.2, 0.25) is 5.91 Å². The summed E-state index contributed by atoms with van der Waals surface area (Å²) in [4.78, 5) is 13.4. The highest BCUT2D eigenvalue weighted by Gasteiger charge is 2.21. The first-order chi connectivity index (χ1) is 12.3. The Balaban J connectivity index is 1.36. The molecule has 25 heavy (non-hydrogen) atoms. The largest absolute Gasteiger partial charge is 0.486 e. The van der Waals surface area contributed by atoms with E-state index in [4.69, 9.17) is 9.47 Å². The van der Waals surface area contributed by atoms with Crippen LogP contribution in [0.2, 0.25) is 0 Å². The molecule has 1 aliphatic heterocycles. The minimum absolute atomic E-state index is 0.0709. The number of thioether (sulfide) groups is 1. The molecule has 0 radical (unpaired) electrons. The molecule has 0 bridgehead atoms. The zero-order chi connectivity index (χ0) is 17.1. The summed E-state index contributed by atoms with van der Waals surface area (Å²) in [5.74, 6) is 2.01. The Bertz CT molecular complexity index is 777. The van der Waals surface area contributed by atoms with E-state index in [9.17, 15) is 4.79 Å². The topological polar surface area (TPSA) is 47.6 Å². The maximum Gasteiger partial charge on any atom is 0.230 e. The number of rotatable bonds is 4. The molecule has 0 fully saturated rings. The van der Waals surface area contributed by atoms with E-state index in [1.165, 1.54) is 22.9 Å². The smallest absolute Gasteiger partial charge is 0.230 e. The lowest BCUT2D eigenvalue weighted by molar-refractivity contribution is -0.119. The van der Waals surface area contributed by atoms with Gasteiger partial charge in [0.15, 0.2) is 11.5 Å². The molecule has 1 aliphatic carbocycles. The molecular weight excluding hydrogens is 334 g/mol. The molecule has 1 heterocycles. The van der Waals surface area contributed by atoms with Crippen molar-refractivity contribution in [3.05, 3.63) is 53.6 Å². The molecule has 1 N–H and O–H groups in total. The first kappa shape index (κ1) is 16.3. The summed E-state index contributed by atoms with van der Waals surface area (Å²) < 4.78 is 11.1. The number of hydrogen-bond acceptors (Lipinski definition) is 4. The van der Waals surface area contributed by atoms with Crippen molar-refractivity contribution in [2.75, 3.05) is 19.0 Å². The monoisotopic (exact) mass is 355 g/mol. The Kier molecular flexibility index (Phi) is 4.83. The molecule has 0 aromatic heterocycles. The van der Waals surface area contributed by atoms with E-state index in [1.54, 1.807) is 0 Å². The van der Waals surface area contributed by atoms with Gasteiger partial charge in [0.1, 0.15) is 13.2 Å². The second kappa shape index (κ2) is 7.40. The van der Waals surface area contributed by atoms with Crippen LogP contribution >= 0.6 is 11.8 Å². The third-order valence-electron chi connectivity index (χ3n) is 4.59. The van der Waals surface area contributed by atoms with Gasteiger partial charge in [-0.3, -0.25) is 4.79 Å². The highest BCUT2D eigenvalue weighted by Crippen LogP contribution is 2.34. The number of ether oxygens (including phenoxy) is 2. The number of benzene rings is 2. The van der Waals surface area contributed by atoms with Crippen LogP contribution in [0.3, 0.4) is 0 Å². The zero-order valence-corrected chi connectivity index (χ0v) is 14.8. The van der Waals surface area contributed by atoms with E-state index in [2.05, 4.69) is 23.5 Å². The Morgan fingerprint density at radius 1 is 1.12 bits per heavy atom. The molecule has 2 aromatic rings. The predicted octanol–water partition coefficient (Wildman–Crippen LogP) is 3.74. The van der Waals surface area contributed by atoms with Crippen molar-refractivity contribution < 1.29 is 14.3 Å². The number of aryl methyl sites for hydroxylation is 1. The lowest BCUT2D eigenvalue weighted by atomic mass is 9.88. The van der Waals surface area contributed by atoms with Crippen LogP contribution in [0, 0.1) is 0 Å². The number of fused-ring (bicyclic) bond motifs is 2. The van der Waals surface area contributed by atoms with Gasteiger partial charge in [-0.1, -0.05) is 24.3 Å². The van der Waals surface area contributed by atoms with E-state index in [0.717, 1.165) is 35.7 Å². The van der Waals surface area contributed by atoms with Crippen molar-refractivity contribution in [3.63, 3.8) is 0 Å². The first-order valence-electron chi connectivity index (χ1n) is 8.69. The van der Waals surface area contributed by atoms with E-state index >= 15 is 0 Å².